The summed E-state index contributed by atoms with van der Waals surface area (Å²) < 4.78 is 3.26. The maximum absolute atomic E-state index is 11.1. The molecule has 3 rings (SSSR count). The summed E-state index contributed by atoms with van der Waals surface area (Å²) in [4.78, 5) is 13.1. The lowest BCUT2D eigenvalue weighted by Gasteiger charge is -2.03. The Bertz CT molecular complexity index is 1000. The highest BCUT2D eigenvalue weighted by Crippen LogP contribution is 2.25. The van der Waals surface area contributed by atoms with Gasteiger partial charge >= 0.3 is 5.69 Å². The van der Waals surface area contributed by atoms with E-state index < -0.39 is 4.92 Å². The van der Waals surface area contributed by atoms with E-state index in [2.05, 4.69) is 33.4 Å². The highest BCUT2D eigenvalue weighted by Gasteiger charge is 2.22. The van der Waals surface area contributed by atoms with Crippen LogP contribution in [0.1, 0.15) is 33.9 Å². The van der Waals surface area contributed by atoms with Gasteiger partial charge in [0.1, 0.15) is 11.4 Å². The minimum absolute atomic E-state index is 0.0516. The molecular weight excluding hydrogens is 386 g/mol. The number of nitro groups is 1. The molecule has 27 heavy (non-hydrogen) atoms. The second-order valence-electron chi connectivity index (χ2n) is 5.79. The van der Waals surface area contributed by atoms with Crippen molar-refractivity contribution in [2.24, 2.45) is 5.10 Å². The Hall–Kier alpha value is -2.53. The van der Waals surface area contributed by atoms with Gasteiger partial charge in [0, 0.05) is 9.75 Å². The fourth-order valence-corrected chi connectivity index (χ4v) is 4.23. The molecular formula is C16H19N7O2S2. The van der Waals surface area contributed by atoms with E-state index in [1.54, 1.807) is 40.8 Å². The highest BCUT2D eigenvalue weighted by atomic mass is 32.2. The standard InChI is InChI=1S/C16H19N7O2S2/c1-5-13-6-7-14(27-13)8-17-22-12(4)18-19-16(22)26-9-21-11(3)15(23(24)25)10(2)20-21/h6-8H,5,9H2,1-4H3. The van der Waals surface area contributed by atoms with E-state index in [4.69, 9.17) is 0 Å². The Morgan fingerprint density at radius 3 is 2.74 bits per heavy atom. The first kappa shape index (κ1) is 19.2. The smallest absolute Gasteiger partial charge is 0.258 e. The van der Waals surface area contributed by atoms with Crippen LogP contribution in [0.15, 0.2) is 22.4 Å². The molecule has 9 nitrogen and oxygen atoms in total. The quantitative estimate of drug-likeness (QED) is 0.258. The molecule has 0 aromatic carbocycles. The third-order valence-electron chi connectivity index (χ3n) is 3.94. The molecule has 0 N–H and O–H groups in total. The Balaban J connectivity index is 1.77. The van der Waals surface area contributed by atoms with Gasteiger partial charge in [0.25, 0.3) is 0 Å². The van der Waals surface area contributed by atoms with Crippen molar-refractivity contribution < 1.29 is 4.92 Å². The molecule has 0 fully saturated rings. The van der Waals surface area contributed by atoms with Gasteiger partial charge in [0.2, 0.25) is 5.16 Å². The predicted molar refractivity (Wildman–Crippen MR) is 106 cm³/mol. The van der Waals surface area contributed by atoms with Crippen molar-refractivity contribution in [2.75, 3.05) is 0 Å². The van der Waals surface area contributed by atoms with Gasteiger partial charge in [-0.25, -0.2) is 0 Å². The van der Waals surface area contributed by atoms with E-state index in [1.807, 2.05) is 13.0 Å². The van der Waals surface area contributed by atoms with Crippen molar-refractivity contribution in [2.45, 2.75) is 45.1 Å². The van der Waals surface area contributed by atoms with E-state index in [-0.39, 0.29) is 5.69 Å². The Labute approximate surface area is 164 Å². The maximum Gasteiger partial charge on any atom is 0.312 e. The summed E-state index contributed by atoms with van der Waals surface area (Å²) >= 11 is 3.07. The van der Waals surface area contributed by atoms with Crippen molar-refractivity contribution in [1.82, 2.24) is 24.7 Å². The van der Waals surface area contributed by atoms with Crippen molar-refractivity contribution in [1.29, 1.82) is 0 Å². The minimum atomic E-state index is -0.401. The molecule has 142 valence electrons. The molecule has 0 aliphatic heterocycles. The Morgan fingerprint density at radius 1 is 1.33 bits per heavy atom. The van der Waals surface area contributed by atoms with Gasteiger partial charge in [-0.1, -0.05) is 18.7 Å². The molecule has 0 aliphatic rings. The van der Waals surface area contributed by atoms with Crippen LogP contribution in [0.5, 0.6) is 0 Å². The average molecular weight is 406 g/mol. The second kappa shape index (κ2) is 8.01. The summed E-state index contributed by atoms with van der Waals surface area (Å²) in [6.45, 7) is 7.27. The number of aryl methyl sites for hydroxylation is 3. The van der Waals surface area contributed by atoms with Gasteiger partial charge in [-0.3, -0.25) is 14.8 Å². The van der Waals surface area contributed by atoms with Crippen LogP contribution in [0.3, 0.4) is 0 Å². The largest absolute Gasteiger partial charge is 0.312 e. The number of hydrogen-bond donors (Lipinski definition) is 0. The summed E-state index contributed by atoms with van der Waals surface area (Å²) in [5, 5.41) is 28.7. The van der Waals surface area contributed by atoms with Crippen molar-refractivity contribution >= 4 is 35.0 Å². The van der Waals surface area contributed by atoms with E-state index in [1.165, 1.54) is 16.6 Å². The number of hydrogen-bond acceptors (Lipinski definition) is 8. The van der Waals surface area contributed by atoms with Crippen LogP contribution in [-0.2, 0) is 12.3 Å². The van der Waals surface area contributed by atoms with Crippen molar-refractivity contribution in [3.8, 4) is 0 Å². The third-order valence-corrected chi connectivity index (χ3v) is 5.99. The Kier molecular flexibility index (Phi) is 5.71. The molecule has 0 unspecified atom stereocenters. The second-order valence-corrected chi connectivity index (χ2v) is 7.91. The zero-order valence-electron chi connectivity index (χ0n) is 15.4. The monoisotopic (exact) mass is 405 g/mol. The first-order valence-electron chi connectivity index (χ1n) is 8.27. The molecule has 0 atom stereocenters. The summed E-state index contributed by atoms with van der Waals surface area (Å²) in [7, 11) is 0. The molecule has 0 saturated heterocycles. The predicted octanol–water partition coefficient (Wildman–Crippen LogP) is 3.56. The normalized spacial score (nSPS) is 11.6. The number of thiophene rings is 1. The topological polar surface area (TPSA) is 104 Å². The summed E-state index contributed by atoms with van der Waals surface area (Å²) in [5.74, 6) is 1.05. The van der Waals surface area contributed by atoms with Gasteiger partial charge in [-0.15, -0.1) is 21.5 Å². The summed E-state index contributed by atoms with van der Waals surface area (Å²) in [6.07, 6.45) is 2.79. The Morgan fingerprint density at radius 2 is 2.11 bits per heavy atom. The molecule has 3 heterocycles. The number of aromatic nitrogens is 5. The van der Waals surface area contributed by atoms with Crippen LogP contribution in [0.25, 0.3) is 0 Å². The molecule has 11 heteroatoms. The molecule has 0 bridgehead atoms. The molecule has 0 amide bonds. The van der Waals surface area contributed by atoms with E-state index in [0.29, 0.717) is 28.2 Å². The molecule has 0 spiro atoms. The van der Waals surface area contributed by atoms with Crippen LogP contribution in [0.2, 0.25) is 0 Å². The lowest BCUT2D eigenvalue weighted by atomic mass is 10.3. The van der Waals surface area contributed by atoms with E-state index in [9.17, 15) is 10.1 Å². The van der Waals surface area contributed by atoms with Gasteiger partial charge in [0.15, 0.2) is 5.82 Å². The molecule has 3 aromatic rings. The summed E-state index contributed by atoms with van der Waals surface area (Å²) in [6, 6.07) is 4.13. The summed E-state index contributed by atoms with van der Waals surface area (Å²) in [5.41, 5.74) is 0.968. The molecule has 0 saturated carbocycles. The van der Waals surface area contributed by atoms with Crippen LogP contribution in [0.4, 0.5) is 5.69 Å². The van der Waals surface area contributed by atoms with Crippen molar-refractivity contribution in [3.63, 3.8) is 0 Å². The molecule has 0 radical (unpaired) electrons. The first-order chi connectivity index (χ1) is 12.9. The number of nitrogens with zero attached hydrogens (tertiary/aromatic N) is 7. The van der Waals surface area contributed by atoms with Crippen LogP contribution >= 0.6 is 23.1 Å². The average Bonchev–Trinajstić information content (AvgIpc) is 3.29. The van der Waals surface area contributed by atoms with Crippen molar-refractivity contribution in [3.05, 3.63) is 49.2 Å². The maximum atomic E-state index is 11.1. The zero-order valence-corrected chi connectivity index (χ0v) is 17.0. The fraction of sp³-hybridized carbons (Fsp3) is 0.375. The van der Waals surface area contributed by atoms with Crippen LogP contribution in [0, 0.1) is 30.9 Å². The highest BCUT2D eigenvalue weighted by molar-refractivity contribution is 7.98. The van der Waals surface area contributed by atoms with Crippen LogP contribution < -0.4 is 0 Å². The molecule has 0 aliphatic carbocycles. The lowest BCUT2D eigenvalue weighted by Crippen LogP contribution is -2.02. The number of thioether (sulfide) groups is 1. The molecule has 3 aromatic heterocycles. The van der Waals surface area contributed by atoms with Crippen LogP contribution in [-0.4, -0.2) is 35.8 Å². The van der Waals surface area contributed by atoms with Gasteiger partial charge in [0.05, 0.1) is 17.0 Å². The van der Waals surface area contributed by atoms with Gasteiger partial charge in [-0.05, 0) is 39.3 Å². The van der Waals surface area contributed by atoms with Gasteiger partial charge in [-0.2, -0.15) is 14.9 Å². The SMILES string of the molecule is CCc1ccc(C=Nn2c(C)nnc2SCn2nc(C)c([N+](=O)[O-])c2C)s1. The zero-order chi connectivity index (χ0) is 19.6. The lowest BCUT2D eigenvalue weighted by molar-refractivity contribution is -0.386. The first-order valence-corrected chi connectivity index (χ1v) is 10.1. The minimum Gasteiger partial charge on any atom is -0.258 e. The fourth-order valence-electron chi connectivity index (χ4n) is 2.53. The van der Waals surface area contributed by atoms with E-state index in [0.717, 1.165) is 11.3 Å². The number of rotatable bonds is 7. The van der Waals surface area contributed by atoms with E-state index >= 15 is 0 Å². The van der Waals surface area contributed by atoms with Gasteiger partial charge < -0.3 is 0 Å². The third kappa shape index (κ3) is 4.08.